The SMILES string of the molecule is N[C@H](CO)C[C@@H](Sc1ccc(Cl)cc1)c1cncs1. The molecule has 102 valence electrons. The van der Waals surface area contributed by atoms with Crippen LogP contribution in [0.3, 0.4) is 0 Å². The van der Waals surface area contributed by atoms with Gasteiger partial charge >= 0.3 is 0 Å². The van der Waals surface area contributed by atoms with Crippen molar-refractivity contribution in [3.63, 3.8) is 0 Å². The molecule has 0 saturated carbocycles. The van der Waals surface area contributed by atoms with E-state index in [1.807, 2.05) is 36.0 Å². The minimum absolute atomic E-state index is 0.00349. The molecule has 19 heavy (non-hydrogen) atoms. The predicted octanol–water partition coefficient (Wildman–Crippen LogP) is 3.34. The molecule has 0 saturated heterocycles. The zero-order valence-corrected chi connectivity index (χ0v) is 12.6. The summed E-state index contributed by atoms with van der Waals surface area (Å²) in [5, 5.41) is 10.1. The second kappa shape index (κ2) is 7.26. The van der Waals surface area contributed by atoms with Gasteiger partial charge in [0, 0.05) is 32.3 Å². The lowest BCUT2D eigenvalue weighted by Gasteiger charge is -2.18. The van der Waals surface area contributed by atoms with Crippen LogP contribution in [0.2, 0.25) is 5.02 Å². The Balaban J connectivity index is 2.11. The van der Waals surface area contributed by atoms with Crippen molar-refractivity contribution in [3.05, 3.63) is 45.9 Å². The van der Waals surface area contributed by atoms with Crippen molar-refractivity contribution in [1.82, 2.24) is 4.98 Å². The first-order chi connectivity index (χ1) is 9.19. The van der Waals surface area contributed by atoms with Crippen molar-refractivity contribution >= 4 is 34.7 Å². The van der Waals surface area contributed by atoms with Gasteiger partial charge in [0.2, 0.25) is 0 Å². The van der Waals surface area contributed by atoms with Crippen molar-refractivity contribution in [2.75, 3.05) is 6.61 Å². The van der Waals surface area contributed by atoms with Gasteiger partial charge in [0.15, 0.2) is 0 Å². The van der Waals surface area contributed by atoms with Gasteiger partial charge in [-0.25, -0.2) is 0 Å². The fourth-order valence-corrected chi connectivity index (χ4v) is 3.83. The van der Waals surface area contributed by atoms with Crippen LogP contribution in [0.15, 0.2) is 40.9 Å². The Morgan fingerprint density at radius 2 is 2.11 bits per heavy atom. The van der Waals surface area contributed by atoms with Crippen LogP contribution in [0.4, 0.5) is 0 Å². The highest BCUT2D eigenvalue weighted by Gasteiger charge is 2.18. The van der Waals surface area contributed by atoms with Crippen molar-refractivity contribution < 1.29 is 5.11 Å². The Hall–Kier alpha value is -0.590. The van der Waals surface area contributed by atoms with E-state index >= 15 is 0 Å². The van der Waals surface area contributed by atoms with Gasteiger partial charge in [0.25, 0.3) is 0 Å². The minimum Gasteiger partial charge on any atom is -0.395 e. The van der Waals surface area contributed by atoms with Gasteiger partial charge in [-0.1, -0.05) is 11.6 Å². The molecule has 0 unspecified atom stereocenters. The fraction of sp³-hybridized carbons (Fsp3) is 0.308. The van der Waals surface area contributed by atoms with Crippen LogP contribution in [-0.4, -0.2) is 22.7 Å². The Kier molecular flexibility index (Phi) is 5.66. The number of aliphatic hydroxyl groups excluding tert-OH is 1. The van der Waals surface area contributed by atoms with Crippen LogP contribution in [0.25, 0.3) is 0 Å². The van der Waals surface area contributed by atoms with Crippen molar-refractivity contribution in [3.8, 4) is 0 Å². The average molecular weight is 315 g/mol. The number of nitrogens with two attached hydrogens (primary N) is 1. The molecule has 0 amide bonds. The highest BCUT2D eigenvalue weighted by Crippen LogP contribution is 2.40. The van der Waals surface area contributed by atoms with E-state index in [9.17, 15) is 0 Å². The quantitative estimate of drug-likeness (QED) is 0.803. The standard InChI is InChI=1S/C13H15ClN2OS2/c14-9-1-3-11(4-2-9)19-12(5-10(15)7-17)13-6-16-8-18-13/h1-4,6,8,10,12,17H,5,7,15H2/t10-,12+/m0/s1. The molecule has 6 heteroatoms. The van der Waals surface area contributed by atoms with E-state index in [0.717, 1.165) is 9.92 Å². The summed E-state index contributed by atoms with van der Waals surface area (Å²) < 4.78 is 0. The molecule has 2 atom stereocenters. The molecular weight excluding hydrogens is 300 g/mol. The van der Waals surface area contributed by atoms with Gasteiger partial charge < -0.3 is 10.8 Å². The number of hydrogen-bond acceptors (Lipinski definition) is 5. The van der Waals surface area contributed by atoms with E-state index in [1.54, 1.807) is 23.1 Å². The van der Waals surface area contributed by atoms with Crippen LogP contribution in [0.1, 0.15) is 16.5 Å². The molecule has 1 aromatic heterocycles. The highest BCUT2D eigenvalue weighted by atomic mass is 35.5. The third-order valence-electron chi connectivity index (χ3n) is 2.61. The van der Waals surface area contributed by atoms with Crippen molar-refractivity contribution in [2.45, 2.75) is 22.6 Å². The summed E-state index contributed by atoms with van der Waals surface area (Å²) >= 11 is 9.21. The number of rotatable bonds is 6. The Labute approximate surface area is 125 Å². The van der Waals surface area contributed by atoms with E-state index < -0.39 is 0 Å². The summed E-state index contributed by atoms with van der Waals surface area (Å²) in [4.78, 5) is 6.42. The molecule has 0 fully saturated rings. The summed E-state index contributed by atoms with van der Waals surface area (Å²) in [6.07, 6.45) is 2.58. The summed E-state index contributed by atoms with van der Waals surface area (Å²) in [5.74, 6) is 0. The highest BCUT2D eigenvalue weighted by molar-refractivity contribution is 7.99. The largest absolute Gasteiger partial charge is 0.395 e. The summed E-state index contributed by atoms with van der Waals surface area (Å²) in [6, 6.07) is 7.52. The zero-order valence-electron chi connectivity index (χ0n) is 10.2. The summed E-state index contributed by atoms with van der Waals surface area (Å²) in [7, 11) is 0. The lowest BCUT2D eigenvalue weighted by molar-refractivity contribution is 0.260. The first-order valence-corrected chi connectivity index (χ1v) is 8.00. The van der Waals surface area contributed by atoms with Crippen LogP contribution in [-0.2, 0) is 0 Å². The average Bonchev–Trinajstić information content (AvgIpc) is 2.94. The number of nitrogens with zero attached hydrogens (tertiary/aromatic N) is 1. The third-order valence-corrected chi connectivity index (χ3v) is 5.18. The molecule has 0 spiro atoms. The molecule has 0 aliphatic carbocycles. The summed E-state index contributed by atoms with van der Waals surface area (Å²) in [5.41, 5.74) is 7.67. The maximum absolute atomic E-state index is 9.12. The van der Waals surface area contributed by atoms with E-state index in [2.05, 4.69) is 4.98 Å². The third kappa shape index (κ3) is 4.47. The number of benzene rings is 1. The lowest BCUT2D eigenvalue weighted by atomic mass is 10.1. The zero-order chi connectivity index (χ0) is 13.7. The van der Waals surface area contributed by atoms with Crippen LogP contribution in [0.5, 0.6) is 0 Å². The topological polar surface area (TPSA) is 59.1 Å². The van der Waals surface area contributed by atoms with E-state index in [4.69, 9.17) is 22.4 Å². The lowest BCUT2D eigenvalue weighted by Crippen LogP contribution is -2.25. The monoisotopic (exact) mass is 314 g/mol. The van der Waals surface area contributed by atoms with Crippen LogP contribution >= 0.6 is 34.7 Å². The first kappa shape index (κ1) is 14.8. The maximum atomic E-state index is 9.12. The van der Waals surface area contributed by atoms with Gasteiger partial charge in [0.05, 0.1) is 12.1 Å². The second-order valence-corrected chi connectivity index (χ2v) is 6.77. The van der Waals surface area contributed by atoms with Gasteiger partial charge in [-0.15, -0.1) is 23.1 Å². The van der Waals surface area contributed by atoms with Gasteiger partial charge in [0.1, 0.15) is 0 Å². The molecule has 0 radical (unpaired) electrons. The van der Waals surface area contributed by atoms with E-state index in [1.165, 1.54) is 4.88 Å². The molecule has 0 aliphatic heterocycles. The van der Waals surface area contributed by atoms with Crippen LogP contribution in [0, 0.1) is 0 Å². The Morgan fingerprint density at radius 1 is 1.37 bits per heavy atom. The molecule has 1 aromatic carbocycles. The van der Waals surface area contributed by atoms with E-state index in [-0.39, 0.29) is 17.9 Å². The molecule has 0 bridgehead atoms. The number of thioether (sulfide) groups is 1. The summed E-state index contributed by atoms with van der Waals surface area (Å²) in [6.45, 7) is -0.00349. The van der Waals surface area contributed by atoms with Gasteiger partial charge in [-0.3, -0.25) is 4.98 Å². The normalized spacial score (nSPS) is 14.3. The second-order valence-electron chi connectivity index (χ2n) is 4.14. The smallest absolute Gasteiger partial charge is 0.0794 e. The molecule has 3 nitrogen and oxygen atoms in total. The number of hydrogen-bond donors (Lipinski definition) is 2. The van der Waals surface area contributed by atoms with E-state index in [0.29, 0.717) is 6.42 Å². The molecule has 2 aromatic rings. The minimum atomic E-state index is -0.216. The Bertz CT molecular complexity index is 490. The number of aliphatic hydroxyl groups is 1. The molecule has 3 N–H and O–H groups in total. The maximum Gasteiger partial charge on any atom is 0.0794 e. The van der Waals surface area contributed by atoms with Gasteiger partial charge in [-0.2, -0.15) is 0 Å². The van der Waals surface area contributed by atoms with Crippen molar-refractivity contribution in [2.24, 2.45) is 5.73 Å². The van der Waals surface area contributed by atoms with Gasteiger partial charge in [-0.05, 0) is 30.7 Å². The van der Waals surface area contributed by atoms with Crippen molar-refractivity contribution in [1.29, 1.82) is 0 Å². The first-order valence-electron chi connectivity index (χ1n) is 5.86. The molecule has 2 rings (SSSR count). The predicted molar refractivity (Wildman–Crippen MR) is 81.8 cm³/mol. The fourth-order valence-electron chi connectivity index (χ4n) is 1.63. The van der Waals surface area contributed by atoms with Crippen LogP contribution < -0.4 is 5.73 Å². The Morgan fingerprint density at radius 3 is 2.68 bits per heavy atom. The number of halogens is 1. The number of thiazole rings is 1. The molecular formula is C13H15ClN2OS2. The molecule has 0 aliphatic rings. The molecule has 1 heterocycles. The number of aromatic nitrogens is 1.